The summed E-state index contributed by atoms with van der Waals surface area (Å²) in [6.07, 6.45) is 0.793. The van der Waals surface area contributed by atoms with Crippen LogP contribution in [0.15, 0.2) is 65.8 Å². The van der Waals surface area contributed by atoms with Crippen molar-refractivity contribution in [1.82, 2.24) is 15.3 Å². The Bertz CT molecular complexity index is 846. The summed E-state index contributed by atoms with van der Waals surface area (Å²) in [4.78, 5) is 20.1. The molecular weight excluding hydrogens is 342 g/mol. The lowest BCUT2D eigenvalue weighted by Gasteiger charge is -2.13. The van der Waals surface area contributed by atoms with Crippen LogP contribution in [0.2, 0.25) is 0 Å². The monoisotopic (exact) mass is 365 g/mol. The number of hydrogen-bond acceptors (Lipinski definition) is 3. The quantitative estimate of drug-likeness (QED) is 0.615. The standard InChI is InChI=1S/C21H23N3OS/c1-15(18-11-7-4-8-12-18)22-20(25)14-26-21-23-16(2)19(24-21)13-17-9-5-3-6-10-17/h3-12,15H,13-14H2,1-2H3,(H,22,25)(H,23,24)/t15-/m1/s1. The van der Waals surface area contributed by atoms with Crippen LogP contribution >= 0.6 is 11.8 Å². The van der Waals surface area contributed by atoms with E-state index in [-0.39, 0.29) is 11.9 Å². The van der Waals surface area contributed by atoms with E-state index in [4.69, 9.17) is 0 Å². The van der Waals surface area contributed by atoms with Crippen LogP contribution in [0.25, 0.3) is 0 Å². The molecule has 0 aliphatic heterocycles. The fourth-order valence-electron chi connectivity index (χ4n) is 2.74. The molecule has 0 aliphatic rings. The molecule has 0 bridgehead atoms. The van der Waals surface area contributed by atoms with Gasteiger partial charge in [-0.05, 0) is 25.0 Å². The van der Waals surface area contributed by atoms with Gasteiger partial charge in [0.05, 0.1) is 17.5 Å². The minimum absolute atomic E-state index is 0.00345. The van der Waals surface area contributed by atoms with Gasteiger partial charge < -0.3 is 10.3 Å². The number of benzene rings is 2. The summed E-state index contributed by atoms with van der Waals surface area (Å²) in [5, 5.41) is 3.81. The summed E-state index contributed by atoms with van der Waals surface area (Å²) in [5.74, 6) is 0.347. The van der Waals surface area contributed by atoms with E-state index in [0.717, 1.165) is 28.5 Å². The lowest BCUT2D eigenvalue weighted by Crippen LogP contribution is -2.28. The smallest absolute Gasteiger partial charge is 0.230 e. The third-order valence-electron chi connectivity index (χ3n) is 4.20. The Labute approximate surface area is 158 Å². The maximum absolute atomic E-state index is 12.2. The van der Waals surface area contributed by atoms with Crippen molar-refractivity contribution in [3.8, 4) is 0 Å². The number of aromatic nitrogens is 2. The minimum atomic E-state index is -0.00345. The van der Waals surface area contributed by atoms with E-state index in [2.05, 4.69) is 27.4 Å². The molecule has 26 heavy (non-hydrogen) atoms. The summed E-state index contributed by atoms with van der Waals surface area (Å²) >= 11 is 1.43. The van der Waals surface area contributed by atoms with Crippen molar-refractivity contribution in [3.63, 3.8) is 0 Å². The van der Waals surface area contributed by atoms with Gasteiger partial charge in [0.25, 0.3) is 0 Å². The van der Waals surface area contributed by atoms with Crippen molar-refractivity contribution < 1.29 is 4.79 Å². The second-order valence-electron chi connectivity index (χ2n) is 6.26. The molecule has 3 rings (SSSR count). The molecule has 1 heterocycles. The number of hydrogen-bond donors (Lipinski definition) is 2. The fourth-order valence-corrected chi connectivity index (χ4v) is 3.49. The van der Waals surface area contributed by atoms with E-state index in [1.807, 2.05) is 62.4 Å². The highest BCUT2D eigenvalue weighted by Crippen LogP contribution is 2.19. The molecule has 0 fully saturated rings. The van der Waals surface area contributed by atoms with Crippen LogP contribution in [0.3, 0.4) is 0 Å². The number of carbonyl (C=O) groups excluding carboxylic acids is 1. The lowest BCUT2D eigenvalue weighted by atomic mass is 10.1. The SMILES string of the molecule is Cc1[nH]c(SCC(=O)N[C@H](C)c2ccccc2)nc1Cc1ccccc1. The molecule has 2 N–H and O–H groups in total. The molecule has 0 unspecified atom stereocenters. The predicted octanol–water partition coefficient (Wildman–Crippen LogP) is 4.28. The average Bonchev–Trinajstić information content (AvgIpc) is 3.01. The predicted molar refractivity (Wildman–Crippen MR) is 106 cm³/mol. The summed E-state index contributed by atoms with van der Waals surface area (Å²) in [6, 6.07) is 20.2. The molecule has 0 saturated heterocycles. The zero-order chi connectivity index (χ0) is 18.4. The first-order valence-corrected chi connectivity index (χ1v) is 9.67. The molecule has 3 aromatic rings. The van der Waals surface area contributed by atoms with Crippen LogP contribution in [-0.4, -0.2) is 21.6 Å². The zero-order valence-electron chi connectivity index (χ0n) is 15.0. The third-order valence-corrected chi connectivity index (χ3v) is 5.07. The topological polar surface area (TPSA) is 57.8 Å². The molecule has 1 aromatic heterocycles. The van der Waals surface area contributed by atoms with Crippen LogP contribution < -0.4 is 5.32 Å². The van der Waals surface area contributed by atoms with E-state index < -0.39 is 0 Å². The van der Waals surface area contributed by atoms with Crippen molar-refractivity contribution in [2.75, 3.05) is 5.75 Å². The Morgan fingerprint density at radius 3 is 2.46 bits per heavy atom. The van der Waals surface area contributed by atoms with E-state index in [0.29, 0.717) is 5.75 Å². The number of carbonyl (C=O) groups is 1. The molecule has 1 atom stereocenters. The van der Waals surface area contributed by atoms with Gasteiger partial charge in [0.15, 0.2) is 5.16 Å². The normalized spacial score (nSPS) is 11.9. The molecular formula is C21H23N3OS. The number of rotatable bonds is 7. The first kappa shape index (κ1) is 18.3. The number of thioether (sulfide) groups is 1. The Kier molecular flexibility index (Phi) is 6.12. The van der Waals surface area contributed by atoms with Gasteiger partial charge in [0.2, 0.25) is 5.91 Å². The van der Waals surface area contributed by atoms with Gasteiger partial charge in [-0.25, -0.2) is 4.98 Å². The molecule has 1 amide bonds. The van der Waals surface area contributed by atoms with Gasteiger partial charge in [-0.3, -0.25) is 4.79 Å². The highest BCUT2D eigenvalue weighted by atomic mass is 32.2. The first-order chi connectivity index (χ1) is 12.6. The average molecular weight is 366 g/mol. The van der Waals surface area contributed by atoms with E-state index in [9.17, 15) is 4.79 Å². The molecule has 5 heteroatoms. The molecule has 134 valence electrons. The molecule has 4 nitrogen and oxygen atoms in total. The number of imidazole rings is 1. The van der Waals surface area contributed by atoms with Crippen molar-refractivity contribution in [3.05, 3.63) is 83.2 Å². The molecule has 0 radical (unpaired) electrons. The Hall–Kier alpha value is -2.53. The summed E-state index contributed by atoms with van der Waals surface area (Å²) in [6.45, 7) is 4.01. The lowest BCUT2D eigenvalue weighted by molar-refractivity contribution is -0.119. The van der Waals surface area contributed by atoms with Gasteiger partial charge in [0, 0.05) is 12.1 Å². The highest BCUT2D eigenvalue weighted by Gasteiger charge is 2.12. The van der Waals surface area contributed by atoms with Gasteiger partial charge in [-0.15, -0.1) is 0 Å². The van der Waals surface area contributed by atoms with Crippen LogP contribution in [0.5, 0.6) is 0 Å². The minimum Gasteiger partial charge on any atom is -0.349 e. The summed E-state index contributed by atoms with van der Waals surface area (Å²) in [7, 11) is 0. The molecule has 0 saturated carbocycles. The number of aromatic amines is 1. The van der Waals surface area contributed by atoms with E-state index in [1.54, 1.807) is 0 Å². The summed E-state index contributed by atoms with van der Waals surface area (Å²) < 4.78 is 0. The molecule has 2 aromatic carbocycles. The second-order valence-corrected chi connectivity index (χ2v) is 7.23. The van der Waals surface area contributed by atoms with Crippen LogP contribution in [0.1, 0.15) is 35.5 Å². The van der Waals surface area contributed by atoms with Gasteiger partial charge in [-0.1, -0.05) is 72.4 Å². The largest absolute Gasteiger partial charge is 0.349 e. The zero-order valence-corrected chi connectivity index (χ0v) is 15.8. The maximum atomic E-state index is 12.2. The van der Waals surface area contributed by atoms with Crippen molar-refractivity contribution >= 4 is 17.7 Å². The van der Waals surface area contributed by atoms with E-state index >= 15 is 0 Å². The maximum Gasteiger partial charge on any atom is 0.230 e. The second kappa shape index (κ2) is 8.72. The third kappa shape index (κ3) is 4.99. The number of amides is 1. The van der Waals surface area contributed by atoms with E-state index in [1.165, 1.54) is 17.3 Å². The number of nitrogens with zero attached hydrogens (tertiary/aromatic N) is 1. The van der Waals surface area contributed by atoms with Gasteiger partial charge in [0.1, 0.15) is 0 Å². The Morgan fingerprint density at radius 2 is 1.77 bits per heavy atom. The van der Waals surface area contributed by atoms with Crippen molar-refractivity contribution in [1.29, 1.82) is 0 Å². The molecule has 0 aliphatic carbocycles. The Balaban J connectivity index is 1.53. The number of H-pyrrole nitrogens is 1. The highest BCUT2D eigenvalue weighted by molar-refractivity contribution is 7.99. The summed E-state index contributed by atoms with van der Waals surface area (Å²) in [5.41, 5.74) is 4.41. The fraction of sp³-hybridized carbons (Fsp3) is 0.238. The van der Waals surface area contributed by atoms with Crippen LogP contribution in [0, 0.1) is 6.92 Å². The van der Waals surface area contributed by atoms with Crippen LogP contribution in [-0.2, 0) is 11.2 Å². The van der Waals surface area contributed by atoms with Gasteiger partial charge in [-0.2, -0.15) is 0 Å². The van der Waals surface area contributed by atoms with Crippen LogP contribution in [0.4, 0.5) is 0 Å². The number of aryl methyl sites for hydroxylation is 1. The van der Waals surface area contributed by atoms with Gasteiger partial charge >= 0.3 is 0 Å². The van der Waals surface area contributed by atoms with Crippen molar-refractivity contribution in [2.45, 2.75) is 31.5 Å². The number of nitrogens with one attached hydrogen (secondary N) is 2. The Morgan fingerprint density at radius 1 is 1.12 bits per heavy atom. The molecule has 0 spiro atoms. The first-order valence-electron chi connectivity index (χ1n) is 8.68. The van der Waals surface area contributed by atoms with Crippen molar-refractivity contribution in [2.24, 2.45) is 0 Å².